The number of amides is 1. The molecule has 0 aliphatic carbocycles. The van der Waals surface area contributed by atoms with Crippen LogP contribution >= 0.6 is 0 Å². The summed E-state index contributed by atoms with van der Waals surface area (Å²) >= 11 is 0. The molecule has 0 spiro atoms. The van der Waals surface area contributed by atoms with Gasteiger partial charge in [0.25, 0.3) is 0 Å². The zero-order valence-corrected chi connectivity index (χ0v) is 8.95. The maximum absolute atomic E-state index is 11.0. The van der Waals surface area contributed by atoms with Gasteiger partial charge in [-0.25, -0.2) is 4.79 Å². The van der Waals surface area contributed by atoms with E-state index in [9.17, 15) is 9.59 Å². The van der Waals surface area contributed by atoms with Crippen molar-refractivity contribution in [2.45, 2.75) is 13.3 Å². The van der Waals surface area contributed by atoms with Crippen LogP contribution < -0.4 is 5.32 Å². The minimum absolute atomic E-state index is 0.197. The van der Waals surface area contributed by atoms with Gasteiger partial charge in [-0.1, -0.05) is 6.08 Å². The lowest BCUT2D eigenvalue weighted by Crippen LogP contribution is -2.34. The van der Waals surface area contributed by atoms with Gasteiger partial charge in [0.05, 0.1) is 19.8 Å². The van der Waals surface area contributed by atoms with Crippen molar-refractivity contribution in [1.29, 1.82) is 0 Å². The quantitative estimate of drug-likeness (QED) is 0.286. The molecule has 0 aromatic heterocycles. The summed E-state index contributed by atoms with van der Waals surface area (Å²) in [5, 5.41) is 2.38. The summed E-state index contributed by atoms with van der Waals surface area (Å²) in [6.07, 6.45) is 2.52. The topological polar surface area (TPSA) is 64.6 Å². The Morgan fingerprint density at radius 3 is 2.73 bits per heavy atom. The molecule has 0 rings (SSSR count). The molecule has 0 heterocycles. The van der Waals surface area contributed by atoms with Crippen LogP contribution in [0.1, 0.15) is 13.3 Å². The average Bonchev–Trinajstić information content (AvgIpc) is 2.23. The number of hydrogen-bond donors (Lipinski definition) is 1. The highest BCUT2D eigenvalue weighted by Gasteiger charge is 2.12. The van der Waals surface area contributed by atoms with Crippen LogP contribution in [-0.4, -0.2) is 38.2 Å². The molecule has 5 nitrogen and oxygen atoms in total. The number of carbonyl (C=O) groups excluding carboxylic acids is 2. The van der Waals surface area contributed by atoms with Crippen molar-refractivity contribution in [3.05, 3.63) is 12.7 Å². The lowest BCUT2D eigenvalue weighted by Gasteiger charge is -2.04. The number of esters is 1. The van der Waals surface area contributed by atoms with Gasteiger partial charge in [-0.05, 0) is 13.3 Å². The molecule has 0 radical (unpaired) electrons. The zero-order chi connectivity index (χ0) is 11.5. The molecule has 0 aliphatic heterocycles. The molecule has 0 fully saturated rings. The Morgan fingerprint density at radius 2 is 2.13 bits per heavy atom. The number of nitrogens with one attached hydrogen (secondary N) is 1. The van der Waals surface area contributed by atoms with Crippen molar-refractivity contribution in [2.75, 3.05) is 26.4 Å². The number of ether oxygens (including phenoxy) is 2. The monoisotopic (exact) mass is 215 g/mol. The fraction of sp³-hybridized carbons (Fsp3) is 0.600. The molecule has 0 atom stereocenters. The van der Waals surface area contributed by atoms with Crippen molar-refractivity contribution < 1.29 is 19.1 Å². The molecule has 0 saturated heterocycles. The van der Waals surface area contributed by atoms with E-state index in [0.29, 0.717) is 19.8 Å². The largest absolute Gasteiger partial charge is 0.459 e. The SMILES string of the molecule is C=CCCOCCNC(=O)C(=O)OCC. The van der Waals surface area contributed by atoms with Crippen molar-refractivity contribution in [2.24, 2.45) is 0 Å². The minimum atomic E-state index is -0.858. The summed E-state index contributed by atoms with van der Waals surface area (Å²) in [7, 11) is 0. The van der Waals surface area contributed by atoms with Gasteiger partial charge >= 0.3 is 11.9 Å². The van der Waals surface area contributed by atoms with Gasteiger partial charge in [-0.15, -0.1) is 6.58 Å². The van der Waals surface area contributed by atoms with E-state index < -0.39 is 11.9 Å². The summed E-state index contributed by atoms with van der Waals surface area (Å²) in [6, 6.07) is 0. The molecule has 0 aromatic carbocycles. The summed E-state index contributed by atoms with van der Waals surface area (Å²) in [5.41, 5.74) is 0. The Labute approximate surface area is 89.4 Å². The van der Waals surface area contributed by atoms with E-state index in [0.717, 1.165) is 6.42 Å². The van der Waals surface area contributed by atoms with E-state index in [2.05, 4.69) is 16.6 Å². The molecular formula is C10H17NO4. The van der Waals surface area contributed by atoms with Crippen LogP contribution in [0.5, 0.6) is 0 Å². The van der Waals surface area contributed by atoms with E-state index in [4.69, 9.17) is 4.74 Å². The van der Waals surface area contributed by atoms with Crippen LogP contribution in [0.25, 0.3) is 0 Å². The second-order valence-corrected chi connectivity index (χ2v) is 2.67. The second-order valence-electron chi connectivity index (χ2n) is 2.67. The Kier molecular flexibility index (Phi) is 8.37. The fourth-order valence-corrected chi connectivity index (χ4v) is 0.774. The molecule has 0 aromatic rings. The van der Waals surface area contributed by atoms with E-state index in [-0.39, 0.29) is 6.61 Å². The van der Waals surface area contributed by atoms with E-state index >= 15 is 0 Å². The number of hydrogen-bond acceptors (Lipinski definition) is 4. The molecule has 0 bridgehead atoms. The maximum Gasteiger partial charge on any atom is 0.396 e. The van der Waals surface area contributed by atoms with Gasteiger partial charge in [0.15, 0.2) is 0 Å². The number of rotatable bonds is 7. The first-order valence-corrected chi connectivity index (χ1v) is 4.86. The Morgan fingerprint density at radius 1 is 1.40 bits per heavy atom. The van der Waals surface area contributed by atoms with Crippen LogP contribution in [0, 0.1) is 0 Å². The normalized spacial score (nSPS) is 9.40. The molecule has 86 valence electrons. The van der Waals surface area contributed by atoms with Gasteiger partial charge in [0.2, 0.25) is 0 Å². The van der Waals surface area contributed by atoms with Crippen molar-refractivity contribution in [1.82, 2.24) is 5.32 Å². The highest BCUT2D eigenvalue weighted by Crippen LogP contribution is 1.82. The summed E-state index contributed by atoms with van der Waals surface area (Å²) < 4.78 is 9.62. The lowest BCUT2D eigenvalue weighted by molar-refractivity contribution is -0.154. The van der Waals surface area contributed by atoms with Crippen LogP contribution in [0.4, 0.5) is 0 Å². The van der Waals surface area contributed by atoms with Crippen molar-refractivity contribution >= 4 is 11.9 Å². The lowest BCUT2D eigenvalue weighted by atomic mass is 10.4. The Balaban J connectivity index is 3.38. The first kappa shape index (κ1) is 13.6. The summed E-state index contributed by atoms with van der Waals surface area (Å²) in [6.45, 7) is 6.62. The first-order chi connectivity index (χ1) is 7.22. The van der Waals surface area contributed by atoms with Gasteiger partial charge in [0.1, 0.15) is 0 Å². The molecule has 5 heteroatoms. The maximum atomic E-state index is 11.0. The highest BCUT2D eigenvalue weighted by atomic mass is 16.5. The van der Waals surface area contributed by atoms with E-state index in [1.165, 1.54) is 0 Å². The molecule has 0 unspecified atom stereocenters. The highest BCUT2D eigenvalue weighted by molar-refractivity contribution is 6.32. The third kappa shape index (κ3) is 7.69. The average molecular weight is 215 g/mol. The van der Waals surface area contributed by atoms with Crippen molar-refractivity contribution in [3.63, 3.8) is 0 Å². The predicted molar refractivity (Wildman–Crippen MR) is 55.3 cm³/mol. The van der Waals surface area contributed by atoms with Gasteiger partial charge in [0, 0.05) is 6.54 Å². The summed E-state index contributed by atoms with van der Waals surface area (Å²) in [5.74, 6) is -1.59. The summed E-state index contributed by atoms with van der Waals surface area (Å²) in [4.78, 5) is 21.8. The minimum Gasteiger partial charge on any atom is -0.459 e. The van der Waals surface area contributed by atoms with Gasteiger partial charge in [-0.3, -0.25) is 4.79 Å². The van der Waals surface area contributed by atoms with Gasteiger partial charge in [-0.2, -0.15) is 0 Å². The molecule has 1 N–H and O–H groups in total. The van der Waals surface area contributed by atoms with Crippen LogP contribution in [0.2, 0.25) is 0 Å². The molecule has 1 amide bonds. The number of carbonyl (C=O) groups is 2. The van der Waals surface area contributed by atoms with Gasteiger partial charge < -0.3 is 14.8 Å². The third-order valence-electron chi connectivity index (χ3n) is 1.46. The van der Waals surface area contributed by atoms with E-state index in [1.807, 2.05) is 0 Å². The molecular weight excluding hydrogens is 198 g/mol. The molecule has 0 aliphatic rings. The predicted octanol–water partition coefficient (Wildman–Crippen LogP) is 0.258. The molecule has 15 heavy (non-hydrogen) atoms. The molecule has 0 saturated carbocycles. The Hall–Kier alpha value is -1.36. The Bertz CT molecular complexity index is 215. The zero-order valence-electron chi connectivity index (χ0n) is 8.95. The van der Waals surface area contributed by atoms with Crippen LogP contribution in [0.3, 0.4) is 0 Å². The third-order valence-corrected chi connectivity index (χ3v) is 1.46. The van der Waals surface area contributed by atoms with Crippen molar-refractivity contribution in [3.8, 4) is 0 Å². The smallest absolute Gasteiger partial charge is 0.396 e. The van der Waals surface area contributed by atoms with E-state index in [1.54, 1.807) is 13.0 Å². The standard InChI is InChI=1S/C10H17NO4/c1-3-5-7-14-8-6-11-9(12)10(13)15-4-2/h3H,1,4-8H2,2H3,(H,11,12). The fourth-order valence-electron chi connectivity index (χ4n) is 0.774. The first-order valence-electron chi connectivity index (χ1n) is 4.86. The van der Waals surface area contributed by atoms with Crippen LogP contribution in [0.15, 0.2) is 12.7 Å². The van der Waals surface area contributed by atoms with Crippen LogP contribution in [-0.2, 0) is 19.1 Å². The second kappa shape index (κ2) is 9.21.